The number of rotatable bonds is 4. The van der Waals surface area contributed by atoms with E-state index in [4.69, 9.17) is 17.3 Å². The Kier molecular flexibility index (Phi) is 4.00. The van der Waals surface area contributed by atoms with Gasteiger partial charge in [0.05, 0.1) is 6.04 Å². The normalized spacial score (nSPS) is 14.2. The molecule has 2 N–H and O–H groups in total. The van der Waals surface area contributed by atoms with Gasteiger partial charge in [0.2, 0.25) is 0 Å². The maximum Gasteiger partial charge on any atom is 0.0525 e. The zero-order valence-corrected chi connectivity index (χ0v) is 12.8. The van der Waals surface area contributed by atoms with Gasteiger partial charge in [0.1, 0.15) is 0 Å². The van der Waals surface area contributed by atoms with Crippen LogP contribution in [0.25, 0.3) is 10.9 Å². The fourth-order valence-electron chi connectivity index (χ4n) is 2.79. The molecule has 0 aliphatic heterocycles. The van der Waals surface area contributed by atoms with Crippen molar-refractivity contribution >= 4 is 22.5 Å². The van der Waals surface area contributed by atoms with Crippen molar-refractivity contribution in [1.29, 1.82) is 0 Å². The summed E-state index contributed by atoms with van der Waals surface area (Å²) < 4.78 is 2.29. The Hall–Kier alpha value is -1.77. The van der Waals surface area contributed by atoms with Crippen molar-refractivity contribution in [2.24, 2.45) is 5.73 Å². The minimum absolute atomic E-state index is 0.0662. The van der Waals surface area contributed by atoms with Crippen molar-refractivity contribution in [2.45, 2.75) is 25.4 Å². The molecule has 0 aliphatic carbocycles. The molecule has 2 aromatic carbocycles. The first kappa shape index (κ1) is 14.2. The molecule has 3 heteroatoms. The maximum absolute atomic E-state index is 6.25. The molecule has 3 rings (SSSR count). The van der Waals surface area contributed by atoms with Crippen LogP contribution in [0.3, 0.4) is 0 Å². The average molecular weight is 299 g/mol. The standard InChI is InChI=1S/C18H19ClN2/c1-13(20)18(12-14-6-8-16(19)9-7-14)21-11-10-15-4-2-3-5-17(15)21/h2-11,13,18H,12,20H2,1H3/t13-,18+/m1/s1. The number of para-hydroxylation sites is 1. The summed E-state index contributed by atoms with van der Waals surface area (Å²) in [7, 11) is 0. The zero-order chi connectivity index (χ0) is 14.8. The van der Waals surface area contributed by atoms with Gasteiger partial charge in [-0.25, -0.2) is 0 Å². The summed E-state index contributed by atoms with van der Waals surface area (Å²) >= 11 is 5.96. The predicted octanol–water partition coefficient (Wildman–Crippen LogP) is 4.43. The molecule has 0 saturated heterocycles. The van der Waals surface area contributed by atoms with E-state index < -0.39 is 0 Å². The number of halogens is 1. The van der Waals surface area contributed by atoms with Gasteiger partial charge in [-0.1, -0.05) is 41.9 Å². The number of hydrogen-bond donors (Lipinski definition) is 1. The highest BCUT2D eigenvalue weighted by Crippen LogP contribution is 2.25. The number of aromatic nitrogens is 1. The Morgan fingerprint density at radius 3 is 2.48 bits per heavy atom. The Morgan fingerprint density at radius 2 is 1.76 bits per heavy atom. The van der Waals surface area contributed by atoms with Crippen LogP contribution in [0.1, 0.15) is 18.5 Å². The number of fused-ring (bicyclic) bond motifs is 1. The zero-order valence-electron chi connectivity index (χ0n) is 12.0. The molecule has 0 spiro atoms. The van der Waals surface area contributed by atoms with E-state index in [0.717, 1.165) is 11.4 Å². The van der Waals surface area contributed by atoms with E-state index in [-0.39, 0.29) is 12.1 Å². The van der Waals surface area contributed by atoms with E-state index in [1.807, 2.05) is 12.1 Å². The molecule has 0 amide bonds. The van der Waals surface area contributed by atoms with Gasteiger partial charge in [-0.15, -0.1) is 0 Å². The molecule has 2 atom stereocenters. The van der Waals surface area contributed by atoms with Gasteiger partial charge in [-0.05, 0) is 48.6 Å². The second-order valence-corrected chi connectivity index (χ2v) is 5.98. The molecule has 0 radical (unpaired) electrons. The van der Waals surface area contributed by atoms with Crippen molar-refractivity contribution < 1.29 is 0 Å². The van der Waals surface area contributed by atoms with Gasteiger partial charge in [0, 0.05) is 22.8 Å². The van der Waals surface area contributed by atoms with Crippen LogP contribution in [-0.4, -0.2) is 10.6 Å². The van der Waals surface area contributed by atoms with E-state index in [1.54, 1.807) is 0 Å². The van der Waals surface area contributed by atoms with Gasteiger partial charge < -0.3 is 10.3 Å². The molecule has 21 heavy (non-hydrogen) atoms. The van der Waals surface area contributed by atoms with Gasteiger partial charge in [0.25, 0.3) is 0 Å². The first-order chi connectivity index (χ1) is 10.1. The Bertz CT molecular complexity index is 728. The summed E-state index contributed by atoms with van der Waals surface area (Å²) in [6, 6.07) is 18.9. The molecule has 2 nitrogen and oxygen atoms in total. The molecule has 0 fully saturated rings. The number of hydrogen-bond acceptors (Lipinski definition) is 1. The highest BCUT2D eigenvalue weighted by molar-refractivity contribution is 6.30. The fraction of sp³-hybridized carbons (Fsp3) is 0.222. The monoisotopic (exact) mass is 298 g/mol. The summed E-state index contributed by atoms with van der Waals surface area (Å²) in [5.41, 5.74) is 8.73. The third-order valence-electron chi connectivity index (χ3n) is 3.95. The summed E-state index contributed by atoms with van der Waals surface area (Å²) in [5.74, 6) is 0. The van der Waals surface area contributed by atoms with E-state index in [0.29, 0.717) is 0 Å². The summed E-state index contributed by atoms with van der Waals surface area (Å²) in [4.78, 5) is 0. The molecule has 0 aliphatic rings. The lowest BCUT2D eigenvalue weighted by atomic mass is 10.0. The first-order valence-corrected chi connectivity index (χ1v) is 7.58. The second kappa shape index (κ2) is 5.92. The molecule has 1 heterocycles. The topological polar surface area (TPSA) is 30.9 Å². The van der Waals surface area contributed by atoms with Gasteiger partial charge in [-0.3, -0.25) is 0 Å². The highest BCUT2D eigenvalue weighted by Gasteiger charge is 2.18. The van der Waals surface area contributed by atoms with Gasteiger partial charge >= 0.3 is 0 Å². The predicted molar refractivity (Wildman–Crippen MR) is 89.8 cm³/mol. The largest absolute Gasteiger partial charge is 0.343 e. The molecule has 0 unspecified atom stereocenters. The van der Waals surface area contributed by atoms with Crippen LogP contribution in [-0.2, 0) is 6.42 Å². The Labute approximate surface area is 130 Å². The van der Waals surface area contributed by atoms with Gasteiger partial charge in [-0.2, -0.15) is 0 Å². The summed E-state index contributed by atoms with van der Waals surface area (Å²) in [6.45, 7) is 2.06. The minimum atomic E-state index is 0.0662. The van der Waals surface area contributed by atoms with Crippen LogP contribution in [0.2, 0.25) is 5.02 Å². The van der Waals surface area contributed by atoms with E-state index >= 15 is 0 Å². The highest BCUT2D eigenvalue weighted by atomic mass is 35.5. The lowest BCUT2D eigenvalue weighted by Gasteiger charge is -2.24. The van der Waals surface area contributed by atoms with Crippen LogP contribution in [0.4, 0.5) is 0 Å². The molecular weight excluding hydrogens is 280 g/mol. The van der Waals surface area contributed by atoms with Crippen LogP contribution in [0.15, 0.2) is 60.8 Å². The van der Waals surface area contributed by atoms with Crippen molar-refractivity contribution in [3.8, 4) is 0 Å². The van der Waals surface area contributed by atoms with E-state index in [2.05, 4.69) is 60.2 Å². The first-order valence-electron chi connectivity index (χ1n) is 7.21. The molecule has 3 aromatic rings. The SMILES string of the molecule is C[C@@H](N)[C@H](Cc1ccc(Cl)cc1)n1ccc2ccccc21. The number of nitrogens with zero attached hydrogens (tertiary/aromatic N) is 1. The number of nitrogens with two attached hydrogens (primary N) is 1. The maximum atomic E-state index is 6.25. The second-order valence-electron chi connectivity index (χ2n) is 5.54. The smallest absolute Gasteiger partial charge is 0.0525 e. The molecular formula is C18H19ClN2. The summed E-state index contributed by atoms with van der Waals surface area (Å²) in [6.07, 6.45) is 3.03. The lowest BCUT2D eigenvalue weighted by Crippen LogP contribution is -2.30. The van der Waals surface area contributed by atoms with E-state index in [1.165, 1.54) is 16.5 Å². The van der Waals surface area contributed by atoms with Crippen LogP contribution in [0, 0.1) is 0 Å². The van der Waals surface area contributed by atoms with Crippen molar-refractivity contribution in [3.05, 3.63) is 71.4 Å². The minimum Gasteiger partial charge on any atom is -0.343 e. The summed E-state index contributed by atoms with van der Waals surface area (Å²) in [5, 5.41) is 2.02. The van der Waals surface area contributed by atoms with Crippen LogP contribution in [0.5, 0.6) is 0 Å². The van der Waals surface area contributed by atoms with Crippen molar-refractivity contribution in [2.75, 3.05) is 0 Å². The van der Waals surface area contributed by atoms with Crippen LogP contribution >= 0.6 is 11.6 Å². The average Bonchev–Trinajstić information content (AvgIpc) is 2.90. The lowest BCUT2D eigenvalue weighted by molar-refractivity contribution is 0.438. The molecule has 0 bridgehead atoms. The van der Waals surface area contributed by atoms with Gasteiger partial charge in [0.15, 0.2) is 0 Å². The third-order valence-corrected chi connectivity index (χ3v) is 4.20. The van der Waals surface area contributed by atoms with Crippen molar-refractivity contribution in [3.63, 3.8) is 0 Å². The fourth-order valence-corrected chi connectivity index (χ4v) is 2.92. The third kappa shape index (κ3) is 2.97. The quantitative estimate of drug-likeness (QED) is 0.759. The molecule has 1 aromatic heterocycles. The van der Waals surface area contributed by atoms with Crippen LogP contribution < -0.4 is 5.73 Å². The Morgan fingerprint density at radius 1 is 1.05 bits per heavy atom. The number of benzene rings is 2. The van der Waals surface area contributed by atoms with Crippen molar-refractivity contribution in [1.82, 2.24) is 4.57 Å². The molecule has 108 valence electrons. The Balaban J connectivity index is 1.96. The molecule has 0 saturated carbocycles. The van der Waals surface area contributed by atoms with E-state index in [9.17, 15) is 0 Å².